The van der Waals surface area contributed by atoms with Crippen LogP contribution in [0.4, 0.5) is 4.39 Å². The molecule has 7 heteroatoms. The zero-order chi connectivity index (χ0) is 18.4. The molecule has 0 aliphatic carbocycles. The molecule has 5 nitrogen and oxygen atoms in total. The number of piperidine rings is 1. The number of amides is 1. The number of rotatable bonds is 7. The van der Waals surface area contributed by atoms with E-state index in [1.807, 2.05) is 18.7 Å². The minimum atomic E-state index is -3.85. The Morgan fingerprint density at radius 3 is 2.24 bits per heavy atom. The molecule has 0 unspecified atom stereocenters. The molecule has 1 aromatic rings. The van der Waals surface area contributed by atoms with E-state index in [0.29, 0.717) is 12.8 Å². The van der Waals surface area contributed by atoms with Crippen LogP contribution in [0.3, 0.4) is 0 Å². The monoisotopic (exact) mass is 370 g/mol. The number of nitrogens with zero attached hydrogens (tertiary/aromatic N) is 2. The number of benzene rings is 1. The molecule has 1 aliphatic rings. The lowest BCUT2D eigenvalue weighted by molar-refractivity contribution is -0.136. The van der Waals surface area contributed by atoms with Crippen molar-refractivity contribution in [1.29, 1.82) is 0 Å². The predicted molar refractivity (Wildman–Crippen MR) is 95.0 cm³/mol. The van der Waals surface area contributed by atoms with Gasteiger partial charge in [0.15, 0.2) is 0 Å². The minimum absolute atomic E-state index is 0.117. The van der Waals surface area contributed by atoms with Crippen LogP contribution < -0.4 is 0 Å². The molecule has 0 N–H and O–H groups in total. The minimum Gasteiger partial charge on any atom is -0.342 e. The summed E-state index contributed by atoms with van der Waals surface area (Å²) in [5.74, 6) is -0.769. The summed E-state index contributed by atoms with van der Waals surface area (Å²) in [6, 6.07) is 5.41. The Kier molecular flexibility index (Phi) is 6.95. The maximum Gasteiger partial charge on any atom is 0.245 e. The Morgan fingerprint density at radius 2 is 1.72 bits per heavy atom. The van der Waals surface area contributed by atoms with E-state index in [0.717, 1.165) is 32.0 Å². The third kappa shape index (κ3) is 4.58. The molecule has 0 aromatic heterocycles. The van der Waals surface area contributed by atoms with Gasteiger partial charge in [-0.05, 0) is 37.8 Å². The molecule has 25 heavy (non-hydrogen) atoms. The van der Waals surface area contributed by atoms with Gasteiger partial charge in [0.1, 0.15) is 10.7 Å². The van der Waals surface area contributed by atoms with E-state index >= 15 is 0 Å². The molecular formula is C18H27FN2O3S. The number of sulfonamides is 1. The Labute approximate surface area is 149 Å². The summed E-state index contributed by atoms with van der Waals surface area (Å²) in [7, 11) is -3.85. The van der Waals surface area contributed by atoms with Crippen molar-refractivity contribution < 1.29 is 17.6 Å². The second-order valence-electron chi connectivity index (χ2n) is 6.43. The fraction of sp³-hybridized carbons (Fsp3) is 0.611. The number of carbonyl (C=O) groups excluding carboxylic acids is 1. The first-order chi connectivity index (χ1) is 11.9. The number of hydrogen-bond acceptors (Lipinski definition) is 3. The molecule has 1 heterocycles. The summed E-state index contributed by atoms with van der Waals surface area (Å²) in [4.78, 5) is 14.2. The van der Waals surface area contributed by atoms with Crippen LogP contribution in [0.5, 0.6) is 0 Å². The Morgan fingerprint density at radius 1 is 1.16 bits per heavy atom. The molecule has 1 aliphatic heterocycles. The van der Waals surface area contributed by atoms with Crippen molar-refractivity contribution >= 4 is 15.9 Å². The number of hydrogen-bond donors (Lipinski definition) is 0. The molecule has 2 rings (SSSR count). The average molecular weight is 370 g/mol. The van der Waals surface area contributed by atoms with Crippen molar-refractivity contribution in [1.82, 2.24) is 9.21 Å². The van der Waals surface area contributed by atoms with Crippen molar-refractivity contribution in [2.24, 2.45) is 5.92 Å². The van der Waals surface area contributed by atoms with Gasteiger partial charge >= 0.3 is 0 Å². The average Bonchev–Trinajstić information content (AvgIpc) is 2.61. The molecule has 1 aromatic carbocycles. The molecule has 0 bridgehead atoms. The molecule has 0 atom stereocenters. The lowest BCUT2D eigenvalue weighted by Crippen LogP contribution is -2.44. The van der Waals surface area contributed by atoms with Crippen molar-refractivity contribution in [3.63, 3.8) is 0 Å². The van der Waals surface area contributed by atoms with Gasteiger partial charge in [-0.1, -0.05) is 26.0 Å². The lowest BCUT2D eigenvalue weighted by atomic mass is 9.96. The zero-order valence-corrected chi connectivity index (χ0v) is 15.8. The molecule has 0 spiro atoms. The quantitative estimate of drug-likeness (QED) is 0.742. The third-order valence-electron chi connectivity index (χ3n) is 4.56. The second kappa shape index (κ2) is 8.76. The zero-order valence-electron chi connectivity index (χ0n) is 14.9. The fourth-order valence-electron chi connectivity index (χ4n) is 3.27. The van der Waals surface area contributed by atoms with Gasteiger partial charge in [-0.15, -0.1) is 0 Å². The highest BCUT2D eigenvalue weighted by Crippen LogP contribution is 2.26. The first kappa shape index (κ1) is 19.8. The van der Waals surface area contributed by atoms with E-state index in [1.54, 1.807) is 0 Å². The fourth-order valence-corrected chi connectivity index (χ4v) is 4.80. The third-order valence-corrected chi connectivity index (χ3v) is 6.49. The summed E-state index contributed by atoms with van der Waals surface area (Å²) in [6.07, 6.45) is 2.78. The first-order valence-electron chi connectivity index (χ1n) is 8.95. The largest absolute Gasteiger partial charge is 0.342 e. The van der Waals surface area contributed by atoms with E-state index < -0.39 is 15.8 Å². The maximum absolute atomic E-state index is 13.9. The van der Waals surface area contributed by atoms with Gasteiger partial charge < -0.3 is 4.90 Å². The van der Waals surface area contributed by atoms with Gasteiger partial charge in [0.05, 0.1) is 0 Å². The summed E-state index contributed by atoms with van der Waals surface area (Å²) in [5, 5.41) is 0. The Hall–Kier alpha value is -1.47. The molecule has 1 saturated heterocycles. The second-order valence-corrected chi connectivity index (χ2v) is 8.34. The van der Waals surface area contributed by atoms with Gasteiger partial charge in [-0.25, -0.2) is 12.8 Å². The van der Waals surface area contributed by atoms with Gasteiger partial charge in [0, 0.05) is 32.1 Å². The van der Waals surface area contributed by atoms with Gasteiger partial charge in [0.2, 0.25) is 15.9 Å². The van der Waals surface area contributed by atoms with E-state index in [4.69, 9.17) is 0 Å². The summed E-state index contributed by atoms with van der Waals surface area (Å²) >= 11 is 0. The highest BCUT2D eigenvalue weighted by molar-refractivity contribution is 7.89. The molecule has 1 fully saturated rings. The van der Waals surface area contributed by atoms with E-state index in [9.17, 15) is 17.6 Å². The molecule has 0 saturated carbocycles. The van der Waals surface area contributed by atoms with Crippen LogP contribution in [-0.2, 0) is 14.8 Å². The maximum atomic E-state index is 13.9. The normalized spacial score (nSPS) is 16.8. The molecular weight excluding hydrogens is 343 g/mol. The van der Waals surface area contributed by atoms with Gasteiger partial charge in [-0.3, -0.25) is 4.79 Å². The van der Waals surface area contributed by atoms with Crippen LogP contribution in [0.15, 0.2) is 29.2 Å². The van der Waals surface area contributed by atoms with Crippen molar-refractivity contribution in [2.45, 2.75) is 44.4 Å². The van der Waals surface area contributed by atoms with Crippen LogP contribution in [-0.4, -0.2) is 49.7 Å². The molecule has 140 valence electrons. The molecule has 0 radical (unpaired) electrons. The number of halogens is 1. The smallest absolute Gasteiger partial charge is 0.245 e. The van der Waals surface area contributed by atoms with Crippen LogP contribution in [0.1, 0.15) is 39.5 Å². The van der Waals surface area contributed by atoms with Crippen LogP contribution in [0, 0.1) is 11.7 Å². The summed E-state index contributed by atoms with van der Waals surface area (Å²) in [6.45, 7) is 6.05. The highest BCUT2D eigenvalue weighted by Gasteiger charge is 2.34. The summed E-state index contributed by atoms with van der Waals surface area (Å²) < 4.78 is 40.4. The van der Waals surface area contributed by atoms with Gasteiger partial charge in [-0.2, -0.15) is 4.31 Å². The van der Waals surface area contributed by atoms with E-state index in [-0.39, 0.29) is 29.8 Å². The van der Waals surface area contributed by atoms with E-state index in [1.165, 1.54) is 22.5 Å². The van der Waals surface area contributed by atoms with Crippen molar-refractivity contribution in [3.05, 3.63) is 30.1 Å². The predicted octanol–water partition coefficient (Wildman–Crippen LogP) is 2.88. The van der Waals surface area contributed by atoms with E-state index in [2.05, 4.69) is 0 Å². The lowest BCUT2D eigenvalue weighted by Gasteiger charge is -2.33. The Bertz CT molecular complexity index is 679. The standard InChI is InChI=1S/C18H27FN2O3S/c1-3-11-20(12-4-2)18(22)15-9-13-21(14-10-15)25(23,24)17-8-6-5-7-16(17)19/h5-8,15H,3-4,9-14H2,1-2H3. The topological polar surface area (TPSA) is 57.7 Å². The van der Waals surface area contributed by atoms with Crippen molar-refractivity contribution in [2.75, 3.05) is 26.2 Å². The SMILES string of the molecule is CCCN(CCC)C(=O)C1CCN(S(=O)(=O)c2ccccc2F)CC1. The van der Waals surface area contributed by atoms with Crippen LogP contribution in [0.25, 0.3) is 0 Å². The number of carbonyl (C=O) groups is 1. The summed E-state index contributed by atoms with van der Waals surface area (Å²) in [5.41, 5.74) is 0. The van der Waals surface area contributed by atoms with Crippen molar-refractivity contribution in [3.8, 4) is 0 Å². The molecule has 1 amide bonds. The van der Waals surface area contributed by atoms with Crippen LogP contribution >= 0.6 is 0 Å². The highest BCUT2D eigenvalue weighted by atomic mass is 32.2. The first-order valence-corrected chi connectivity index (χ1v) is 10.4. The Balaban J connectivity index is 2.04. The van der Waals surface area contributed by atoms with Gasteiger partial charge in [0.25, 0.3) is 0 Å². The van der Waals surface area contributed by atoms with Crippen LogP contribution in [0.2, 0.25) is 0 Å².